The number of esters is 1. The number of benzene rings is 2. The first-order chi connectivity index (χ1) is 13.8. The van der Waals surface area contributed by atoms with Gasteiger partial charge in [0.1, 0.15) is 6.61 Å². The minimum absolute atomic E-state index is 0.00160. The Bertz CT molecular complexity index is 818. The van der Waals surface area contributed by atoms with Crippen molar-refractivity contribution in [2.45, 2.75) is 82.0 Å². The summed E-state index contributed by atoms with van der Waals surface area (Å²) in [6.45, 7) is 17.7. The van der Waals surface area contributed by atoms with Gasteiger partial charge in [0.25, 0.3) is 0 Å². The first kappa shape index (κ1) is 24.7. The normalized spacial score (nSPS) is 13.7. The zero-order valence-corrected chi connectivity index (χ0v) is 21.4. The molecule has 0 aliphatic carbocycles. The maximum atomic E-state index is 13.0. The molecule has 2 aromatic rings. The molecule has 2 rings (SSSR count). The molecule has 0 spiro atoms. The Morgan fingerprint density at radius 3 is 2.00 bits per heavy atom. The molecule has 30 heavy (non-hydrogen) atoms. The molecule has 0 heterocycles. The molecule has 5 heteroatoms. The van der Waals surface area contributed by atoms with Gasteiger partial charge in [-0.05, 0) is 46.8 Å². The van der Waals surface area contributed by atoms with Gasteiger partial charge in [0, 0.05) is 4.90 Å². The fraction of sp³-hybridized carbons (Fsp3) is 0.480. The van der Waals surface area contributed by atoms with Gasteiger partial charge >= 0.3 is 5.97 Å². The second-order valence-corrected chi connectivity index (χ2v) is 16.1. The van der Waals surface area contributed by atoms with Crippen LogP contribution in [-0.4, -0.2) is 19.7 Å². The summed E-state index contributed by atoms with van der Waals surface area (Å²) in [5.74, 6) is -0.325. The standard InChI is InChI=1S/C25H36O3SSi/c1-24(2,3)20-14-16-21(17-15-20)29-23(28-30(7,8)25(4,5)6)22(26)27-18-19-12-10-9-11-13-19/h9-17,23H,18H2,1-8H3. The van der Waals surface area contributed by atoms with Gasteiger partial charge in [-0.15, -0.1) is 0 Å². The lowest BCUT2D eigenvalue weighted by Crippen LogP contribution is -2.45. The maximum Gasteiger partial charge on any atom is 0.345 e. The monoisotopic (exact) mass is 444 g/mol. The van der Waals surface area contributed by atoms with E-state index in [-0.39, 0.29) is 23.0 Å². The fourth-order valence-electron chi connectivity index (χ4n) is 2.52. The predicted octanol–water partition coefficient (Wildman–Crippen LogP) is 7.17. The van der Waals surface area contributed by atoms with Gasteiger partial charge in [0.05, 0.1) is 0 Å². The van der Waals surface area contributed by atoms with Gasteiger partial charge in [-0.25, -0.2) is 4.79 Å². The van der Waals surface area contributed by atoms with Crippen LogP contribution in [0.4, 0.5) is 0 Å². The van der Waals surface area contributed by atoms with Crippen LogP contribution in [0.25, 0.3) is 0 Å². The van der Waals surface area contributed by atoms with Crippen LogP contribution in [0.3, 0.4) is 0 Å². The first-order valence-electron chi connectivity index (χ1n) is 10.5. The molecule has 0 amide bonds. The molecule has 1 atom stereocenters. The van der Waals surface area contributed by atoms with Crippen molar-refractivity contribution in [1.82, 2.24) is 0 Å². The van der Waals surface area contributed by atoms with Gasteiger partial charge in [0.2, 0.25) is 0 Å². The molecule has 0 radical (unpaired) electrons. The molecule has 0 N–H and O–H groups in total. The van der Waals surface area contributed by atoms with Crippen LogP contribution >= 0.6 is 11.8 Å². The number of hydrogen-bond acceptors (Lipinski definition) is 4. The molecular weight excluding hydrogens is 408 g/mol. The van der Waals surface area contributed by atoms with Gasteiger partial charge in [0.15, 0.2) is 13.8 Å². The van der Waals surface area contributed by atoms with Crippen LogP contribution in [0.15, 0.2) is 59.5 Å². The third-order valence-corrected chi connectivity index (χ3v) is 11.2. The number of thioether (sulfide) groups is 1. The summed E-state index contributed by atoms with van der Waals surface area (Å²) in [5.41, 5.74) is 1.64. The molecule has 1 unspecified atom stereocenters. The molecule has 0 saturated carbocycles. The maximum absolute atomic E-state index is 13.0. The minimum atomic E-state index is -2.16. The van der Waals surface area contributed by atoms with Crippen molar-refractivity contribution in [2.24, 2.45) is 0 Å². The quantitative estimate of drug-likeness (QED) is 0.196. The van der Waals surface area contributed by atoms with Crippen molar-refractivity contribution in [3.8, 4) is 0 Å². The average molecular weight is 445 g/mol. The molecule has 0 bridgehead atoms. The molecule has 3 nitrogen and oxygen atoms in total. The summed E-state index contributed by atoms with van der Waals surface area (Å²) < 4.78 is 12.1. The van der Waals surface area contributed by atoms with E-state index in [1.807, 2.05) is 30.3 Å². The van der Waals surface area contributed by atoms with Crippen LogP contribution in [-0.2, 0) is 26.0 Å². The molecule has 164 valence electrons. The number of ether oxygens (including phenoxy) is 1. The number of carbonyl (C=O) groups is 1. The third-order valence-electron chi connectivity index (χ3n) is 5.59. The lowest BCUT2D eigenvalue weighted by molar-refractivity contribution is -0.149. The lowest BCUT2D eigenvalue weighted by Gasteiger charge is -2.38. The van der Waals surface area contributed by atoms with Crippen LogP contribution in [0.5, 0.6) is 0 Å². The molecular formula is C25H36O3SSi. The fourth-order valence-corrected chi connectivity index (χ4v) is 5.12. The summed E-state index contributed by atoms with van der Waals surface area (Å²) in [7, 11) is -2.16. The highest BCUT2D eigenvalue weighted by molar-refractivity contribution is 8.00. The highest BCUT2D eigenvalue weighted by Gasteiger charge is 2.41. The van der Waals surface area contributed by atoms with Crippen LogP contribution in [0.2, 0.25) is 18.1 Å². The van der Waals surface area contributed by atoms with Crippen molar-refractivity contribution in [3.63, 3.8) is 0 Å². The molecule has 0 fully saturated rings. The Morgan fingerprint density at radius 1 is 0.933 bits per heavy atom. The topological polar surface area (TPSA) is 35.5 Å². The molecule has 0 aliphatic rings. The molecule has 0 saturated heterocycles. The van der Waals surface area contributed by atoms with Gasteiger partial charge in [-0.2, -0.15) is 0 Å². The van der Waals surface area contributed by atoms with Crippen molar-refractivity contribution in [2.75, 3.05) is 0 Å². The van der Waals surface area contributed by atoms with Crippen molar-refractivity contribution in [1.29, 1.82) is 0 Å². The first-order valence-corrected chi connectivity index (χ1v) is 14.2. The van der Waals surface area contributed by atoms with Crippen molar-refractivity contribution < 1.29 is 14.0 Å². The predicted molar refractivity (Wildman–Crippen MR) is 129 cm³/mol. The van der Waals surface area contributed by atoms with E-state index >= 15 is 0 Å². The van der Waals surface area contributed by atoms with Crippen molar-refractivity contribution in [3.05, 3.63) is 65.7 Å². The summed E-state index contributed by atoms with van der Waals surface area (Å²) in [6.07, 6.45) is 0. The highest BCUT2D eigenvalue weighted by atomic mass is 32.2. The summed E-state index contributed by atoms with van der Waals surface area (Å²) in [4.78, 5) is 14.0. The zero-order chi connectivity index (χ0) is 22.6. The van der Waals surface area contributed by atoms with E-state index in [9.17, 15) is 4.79 Å². The Morgan fingerprint density at radius 2 is 1.50 bits per heavy atom. The number of rotatable bonds is 7. The van der Waals surface area contributed by atoms with Crippen LogP contribution < -0.4 is 0 Å². The Kier molecular flexibility index (Phi) is 8.00. The zero-order valence-electron chi connectivity index (χ0n) is 19.6. The molecule has 0 aromatic heterocycles. The SMILES string of the molecule is CC(C)(C)c1ccc(SC(O[Si](C)(C)C(C)(C)C)C(=O)OCc2ccccc2)cc1. The molecule has 0 aliphatic heterocycles. The second kappa shape index (κ2) is 9.71. The smallest absolute Gasteiger partial charge is 0.345 e. The van der Waals surface area contributed by atoms with E-state index in [1.54, 1.807) is 0 Å². The lowest BCUT2D eigenvalue weighted by atomic mass is 9.87. The van der Waals surface area contributed by atoms with E-state index in [0.717, 1.165) is 10.5 Å². The summed E-state index contributed by atoms with van der Waals surface area (Å²) >= 11 is 1.43. The Labute approximate surface area is 187 Å². The minimum Gasteiger partial charge on any atom is -0.458 e. The van der Waals surface area contributed by atoms with E-state index in [2.05, 4.69) is 78.9 Å². The van der Waals surface area contributed by atoms with E-state index in [4.69, 9.17) is 9.16 Å². The Balaban J connectivity index is 2.18. The largest absolute Gasteiger partial charge is 0.458 e. The van der Waals surface area contributed by atoms with Crippen LogP contribution in [0, 0.1) is 0 Å². The molecule has 2 aromatic carbocycles. The summed E-state index contributed by atoms with van der Waals surface area (Å²) in [6, 6.07) is 18.1. The third kappa shape index (κ3) is 7.00. The van der Waals surface area contributed by atoms with Gasteiger partial charge < -0.3 is 9.16 Å². The van der Waals surface area contributed by atoms with E-state index in [0.29, 0.717) is 0 Å². The van der Waals surface area contributed by atoms with Gasteiger partial charge in [-0.3, -0.25) is 0 Å². The van der Waals surface area contributed by atoms with Crippen LogP contribution in [0.1, 0.15) is 52.7 Å². The summed E-state index contributed by atoms with van der Waals surface area (Å²) in [5, 5.41) is 0.00160. The average Bonchev–Trinajstić information content (AvgIpc) is 2.65. The van der Waals surface area contributed by atoms with E-state index in [1.165, 1.54) is 17.3 Å². The van der Waals surface area contributed by atoms with Crippen molar-refractivity contribution >= 4 is 26.0 Å². The van der Waals surface area contributed by atoms with Gasteiger partial charge in [-0.1, -0.05) is 95.8 Å². The second-order valence-electron chi connectivity index (χ2n) is 10.2. The number of hydrogen-bond donors (Lipinski definition) is 0. The number of carbonyl (C=O) groups excluding carboxylic acids is 1. The Hall–Kier alpha value is -1.56. The highest BCUT2D eigenvalue weighted by Crippen LogP contribution is 2.40. The van der Waals surface area contributed by atoms with E-state index < -0.39 is 13.8 Å².